The zero-order valence-corrected chi connectivity index (χ0v) is 11.5. The molecule has 1 aliphatic rings. The standard InChI is InChI=1S/C15H21FN2O2/c16-13-3-1-12(2-4-13)11-15(19)18-9-10-20-14-5-7-17-8-6-14/h1-4,14,17H,5-11H2,(H,18,19). The number of rotatable bonds is 6. The molecule has 5 heteroatoms. The van der Waals surface area contributed by atoms with Crippen molar-refractivity contribution in [2.75, 3.05) is 26.2 Å². The van der Waals surface area contributed by atoms with Gasteiger partial charge in [0, 0.05) is 6.54 Å². The summed E-state index contributed by atoms with van der Waals surface area (Å²) in [6.07, 6.45) is 2.64. The Labute approximate surface area is 118 Å². The van der Waals surface area contributed by atoms with E-state index in [9.17, 15) is 9.18 Å². The van der Waals surface area contributed by atoms with Gasteiger partial charge in [-0.2, -0.15) is 0 Å². The fourth-order valence-electron chi connectivity index (χ4n) is 2.23. The summed E-state index contributed by atoms with van der Waals surface area (Å²) in [4.78, 5) is 11.7. The van der Waals surface area contributed by atoms with Gasteiger partial charge in [-0.1, -0.05) is 12.1 Å². The van der Waals surface area contributed by atoms with Crippen molar-refractivity contribution in [2.24, 2.45) is 0 Å². The molecule has 4 nitrogen and oxygen atoms in total. The number of benzene rings is 1. The third-order valence-electron chi connectivity index (χ3n) is 3.34. The van der Waals surface area contributed by atoms with Gasteiger partial charge in [0.2, 0.25) is 5.91 Å². The van der Waals surface area contributed by atoms with Crippen LogP contribution in [-0.4, -0.2) is 38.3 Å². The molecule has 0 saturated carbocycles. The molecule has 2 N–H and O–H groups in total. The predicted octanol–water partition coefficient (Wildman–Crippen LogP) is 1.25. The van der Waals surface area contributed by atoms with Gasteiger partial charge in [-0.05, 0) is 43.6 Å². The molecule has 0 unspecified atom stereocenters. The van der Waals surface area contributed by atoms with Gasteiger partial charge in [0.1, 0.15) is 5.82 Å². The molecule has 1 fully saturated rings. The molecule has 0 bridgehead atoms. The van der Waals surface area contributed by atoms with Crippen LogP contribution in [0.2, 0.25) is 0 Å². The SMILES string of the molecule is O=C(Cc1ccc(F)cc1)NCCOC1CCNCC1. The molecule has 1 aromatic rings. The number of halogens is 1. The highest BCUT2D eigenvalue weighted by atomic mass is 19.1. The van der Waals surface area contributed by atoms with Crippen LogP contribution >= 0.6 is 0 Å². The normalized spacial score (nSPS) is 16.1. The first-order valence-electron chi connectivity index (χ1n) is 7.07. The predicted molar refractivity (Wildman–Crippen MR) is 75.0 cm³/mol. The van der Waals surface area contributed by atoms with Crippen molar-refractivity contribution in [3.8, 4) is 0 Å². The number of nitrogens with one attached hydrogen (secondary N) is 2. The minimum Gasteiger partial charge on any atom is -0.376 e. The topological polar surface area (TPSA) is 50.4 Å². The van der Waals surface area contributed by atoms with E-state index in [1.54, 1.807) is 12.1 Å². The van der Waals surface area contributed by atoms with E-state index >= 15 is 0 Å². The number of hydrogen-bond donors (Lipinski definition) is 2. The first kappa shape index (κ1) is 14.9. The summed E-state index contributed by atoms with van der Waals surface area (Å²) in [5, 5.41) is 6.09. The average Bonchev–Trinajstić information content (AvgIpc) is 2.47. The Morgan fingerprint density at radius 2 is 2.00 bits per heavy atom. The number of piperidine rings is 1. The summed E-state index contributed by atoms with van der Waals surface area (Å²) in [6, 6.07) is 5.98. The molecule has 0 spiro atoms. The van der Waals surface area contributed by atoms with Crippen molar-refractivity contribution < 1.29 is 13.9 Å². The summed E-state index contributed by atoms with van der Waals surface area (Å²) in [5.41, 5.74) is 0.808. The van der Waals surface area contributed by atoms with Crippen molar-refractivity contribution in [2.45, 2.75) is 25.4 Å². The Morgan fingerprint density at radius 1 is 1.30 bits per heavy atom. The van der Waals surface area contributed by atoms with Crippen molar-refractivity contribution >= 4 is 5.91 Å². The number of carbonyl (C=O) groups is 1. The minimum atomic E-state index is -0.287. The van der Waals surface area contributed by atoms with Crippen LogP contribution in [0.5, 0.6) is 0 Å². The molecule has 1 saturated heterocycles. The van der Waals surface area contributed by atoms with Gasteiger partial charge in [-0.25, -0.2) is 4.39 Å². The second kappa shape index (κ2) is 7.97. The van der Waals surface area contributed by atoms with Crippen molar-refractivity contribution in [3.05, 3.63) is 35.6 Å². The van der Waals surface area contributed by atoms with E-state index < -0.39 is 0 Å². The summed E-state index contributed by atoms with van der Waals surface area (Å²) in [5.74, 6) is -0.352. The molecule has 20 heavy (non-hydrogen) atoms. The van der Waals surface area contributed by atoms with Gasteiger partial charge in [0.25, 0.3) is 0 Å². The zero-order chi connectivity index (χ0) is 14.2. The van der Waals surface area contributed by atoms with Crippen LogP contribution in [0.15, 0.2) is 24.3 Å². The lowest BCUT2D eigenvalue weighted by Crippen LogP contribution is -2.35. The van der Waals surface area contributed by atoms with E-state index in [2.05, 4.69) is 10.6 Å². The second-order valence-electron chi connectivity index (χ2n) is 4.97. The molecule has 0 atom stereocenters. The van der Waals surface area contributed by atoms with E-state index in [1.165, 1.54) is 12.1 Å². The number of ether oxygens (including phenoxy) is 1. The Morgan fingerprint density at radius 3 is 2.70 bits per heavy atom. The van der Waals surface area contributed by atoms with Crippen LogP contribution in [0.4, 0.5) is 4.39 Å². The van der Waals surface area contributed by atoms with Gasteiger partial charge in [-0.15, -0.1) is 0 Å². The lowest BCUT2D eigenvalue weighted by atomic mass is 10.1. The summed E-state index contributed by atoms with van der Waals surface area (Å²) in [7, 11) is 0. The number of hydrogen-bond acceptors (Lipinski definition) is 3. The van der Waals surface area contributed by atoms with Gasteiger partial charge >= 0.3 is 0 Å². The molecule has 0 radical (unpaired) electrons. The van der Waals surface area contributed by atoms with Gasteiger partial charge in [-0.3, -0.25) is 4.79 Å². The zero-order valence-electron chi connectivity index (χ0n) is 11.5. The highest BCUT2D eigenvalue weighted by Crippen LogP contribution is 2.06. The quantitative estimate of drug-likeness (QED) is 0.771. The molecular weight excluding hydrogens is 259 g/mol. The van der Waals surface area contributed by atoms with Gasteiger partial charge in [0.15, 0.2) is 0 Å². The molecule has 1 aliphatic heterocycles. The van der Waals surface area contributed by atoms with Gasteiger partial charge < -0.3 is 15.4 Å². The fraction of sp³-hybridized carbons (Fsp3) is 0.533. The van der Waals surface area contributed by atoms with E-state index in [0.29, 0.717) is 19.3 Å². The molecule has 110 valence electrons. The van der Waals surface area contributed by atoms with E-state index in [4.69, 9.17) is 4.74 Å². The molecule has 0 aromatic heterocycles. The van der Waals surface area contributed by atoms with Crippen LogP contribution in [-0.2, 0) is 16.0 Å². The maximum Gasteiger partial charge on any atom is 0.224 e. The van der Waals surface area contributed by atoms with Crippen molar-refractivity contribution in [1.82, 2.24) is 10.6 Å². The average molecular weight is 280 g/mol. The highest BCUT2D eigenvalue weighted by molar-refractivity contribution is 5.78. The first-order chi connectivity index (χ1) is 9.74. The van der Waals surface area contributed by atoms with Crippen LogP contribution in [0.1, 0.15) is 18.4 Å². The van der Waals surface area contributed by atoms with Crippen molar-refractivity contribution in [3.63, 3.8) is 0 Å². The molecule has 1 amide bonds. The maximum absolute atomic E-state index is 12.7. The Bertz CT molecular complexity index is 416. The van der Waals surface area contributed by atoms with Crippen LogP contribution in [0, 0.1) is 5.82 Å². The van der Waals surface area contributed by atoms with Crippen LogP contribution in [0.25, 0.3) is 0 Å². The van der Waals surface area contributed by atoms with Gasteiger partial charge in [0.05, 0.1) is 19.1 Å². The fourth-order valence-corrected chi connectivity index (χ4v) is 2.23. The first-order valence-corrected chi connectivity index (χ1v) is 7.07. The van der Waals surface area contributed by atoms with E-state index in [1.807, 2.05) is 0 Å². The molecule has 1 aromatic carbocycles. The Kier molecular flexibility index (Phi) is 5.95. The lowest BCUT2D eigenvalue weighted by molar-refractivity contribution is -0.120. The molecule has 2 rings (SSSR count). The smallest absolute Gasteiger partial charge is 0.224 e. The summed E-state index contributed by atoms with van der Waals surface area (Å²) >= 11 is 0. The van der Waals surface area contributed by atoms with Crippen LogP contribution < -0.4 is 10.6 Å². The number of carbonyl (C=O) groups excluding carboxylic acids is 1. The molecule has 1 heterocycles. The molecule has 0 aliphatic carbocycles. The monoisotopic (exact) mass is 280 g/mol. The van der Waals surface area contributed by atoms with Crippen molar-refractivity contribution in [1.29, 1.82) is 0 Å². The lowest BCUT2D eigenvalue weighted by Gasteiger charge is -2.22. The number of amides is 1. The Balaban J connectivity index is 1.59. The third-order valence-corrected chi connectivity index (χ3v) is 3.34. The highest BCUT2D eigenvalue weighted by Gasteiger charge is 2.12. The summed E-state index contributed by atoms with van der Waals surface area (Å²) in [6.45, 7) is 3.06. The maximum atomic E-state index is 12.7. The van der Waals surface area contributed by atoms with E-state index in [0.717, 1.165) is 31.5 Å². The summed E-state index contributed by atoms with van der Waals surface area (Å²) < 4.78 is 18.4. The third kappa shape index (κ3) is 5.27. The molecular formula is C15H21FN2O2. The largest absolute Gasteiger partial charge is 0.376 e. The Hall–Kier alpha value is -1.46. The van der Waals surface area contributed by atoms with Crippen LogP contribution in [0.3, 0.4) is 0 Å². The minimum absolute atomic E-state index is 0.0643. The van der Waals surface area contributed by atoms with E-state index in [-0.39, 0.29) is 18.1 Å². The second-order valence-corrected chi connectivity index (χ2v) is 4.97.